The number of H-pyrrole nitrogens is 1. The lowest BCUT2D eigenvalue weighted by atomic mass is 10.1. The highest BCUT2D eigenvalue weighted by molar-refractivity contribution is 6.31. The van der Waals surface area contributed by atoms with Crippen LogP contribution in [0.15, 0.2) is 53.7 Å². The predicted octanol–water partition coefficient (Wildman–Crippen LogP) is 2.63. The molecule has 5 heterocycles. The van der Waals surface area contributed by atoms with Gasteiger partial charge in [-0.2, -0.15) is 4.68 Å². The Morgan fingerprint density at radius 1 is 1.21 bits per heavy atom. The summed E-state index contributed by atoms with van der Waals surface area (Å²) in [6.45, 7) is 1.97. The van der Waals surface area contributed by atoms with E-state index < -0.39 is 6.09 Å². The maximum atomic E-state index is 13.4. The van der Waals surface area contributed by atoms with Crippen molar-refractivity contribution in [3.05, 3.63) is 81.6 Å². The fourth-order valence-electron chi connectivity index (χ4n) is 4.58. The van der Waals surface area contributed by atoms with Crippen molar-refractivity contribution in [3.8, 4) is 34.1 Å². The minimum atomic E-state index is -0.955. The van der Waals surface area contributed by atoms with Crippen LogP contribution in [0.5, 0.6) is 5.88 Å². The lowest BCUT2D eigenvalue weighted by Crippen LogP contribution is -2.25. The van der Waals surface area contributed by atoms with Crippen molar-refractivity contribution in [2.45, 2.75) is 25.8 Å². The Balaban J connectivity index is 1.35. The molecule has 0 saturated carbocycles. The molecule has 0 bridgehead atoms. The van der Waals surface area contributed by atoms with Gasteiger partial charge in [-0.05, 0) is 42.0 Å². The fraction of sp³-hybridized carbons (Fsp3) is 0.167. The molecule has 0 spiro atoms. The number of pyridine rings is 1. The number of aryl methyl sites for hydroxylation is 2. The molecule has 5 aromatic rings. The first-order valence-corrected chi connectivity index (χ1v) is 11.9. The highest BCUT2D eigenvalue weighted by Crippen LogP contribution is 2.34. The number of carbonyl (C=O) groups is 1. The summed E-state index contributed by atoms with van der Waals surface area (Å²) in [4.78, 5) is 40.9. The van der Waals surface area contributed by atoms with E-state index in [0.717, 1.165) is 16.8 Å². The van der Waals surface area contributed by atoms with Crippen molar-refractivity contribution in [1.82, 2.24) is 44.7 Å². The van der Waals surface area contributed by atoms with E-state index in [2.05, 4.69) is 30.5 Å². The molecule has 4 aromatic heterocycles. The van der Waals surface area contributed by atoms with Crippen LogP contribution in [0, 0.1) is 6.92 Å². The van der Waals surface area contributed by atoms with E-state index in [1.807, 2.05) is 25.1 Å². The number of halogens is 1. The molecule has 0 fully saturated rings. The first-order chi connectivity index (χ1) is 18.4. The molecule has 13 nitrogen and oxygen atoms in total. The highest BCUT2D eigenvalue weighted by atomic mass is 35.5. The maximum absolute atomic E-state index is 13.4. The number of nitrogens with zero attached hydrogens (tertiary/aromatic N) is 8. The summed E-state index contributed by atoms with van der Waals surface area (Å²) in [7, 11) is 0. The van der Waals surface area contributed by atoms with Crippen molar-refractivity contribution in [3.63, 3.8) is 0 Å². The summed E-state index contributed by atoms with van der Waals surface area (Å²) in [5.41, 5.74) is 8.98. The molecule has 1 amide bonds. The third-order valence-corrected chi connectivity index (χ3v) is 6.50. The van der Waals surface area contributed by atoms with Crippen LogP contribution in [-0.2, 0) is 6.42 Å². The number of amides is 1. The lowest BCUT2D eigenvalue weighted by Gasteiger charge is -2.14. The number of carbonyl (C=O) groups excluding carboxylic acids is 1. The summed E-state index contributed by atoms with van der Waals surface area (Å²) >= 11 is 6.44. The number of hydrogen-bond acceptors (Lipinski definition) is 9. The van der Waals surface area contributed by atoms with E-state index in [1.165, 1.54) is 29.3 Å². The van der Waals surface area contributed by atoms with Crippen molar-refractivity contribution in [2.75, 3.05) is 0 Å². The van der Waals surface area contributed by atoms with Crippen molar-refractivity contribution in [1.29, 1.82) is 0 Å². The van der Waals surface area contributed by atoms with Crippen LogP contribution >= 0.6 is 11.6 Å². The third kappa shape index (κ3) is 4.18. The Kier molecular flexibility index (Phi) is 5.68. The summed E-state index contributed by atoms with van der Waals surface area (Å²) in [5, 5.41) is 11.6. The van der Waals surface area contributed by atoms with E-state index >= 15 is 0 Å². The number of benzene rings is 1. The van der Waals surface area contributed by atoms with Gasteiger partial charge in [-0.1, -0.05) is 23.2 Å². The molecule has 190 valence electrons. The number of aromatic amines is 1. The number of fused-ring (bicyclic) bond motifs is 1. The summed E-state index contributed by atoms with van der Waals surface area (Å²) in [5.74, 6) is 1.24. The Labute approximate surface area is 219 Å². The number of primary amides is 1. The van der Waals surface area contributed by atoms with Gasteiger partial charge in [0.1, 0.15) is 18.0 Å². The van der Waals surface area contributed by atoms with Gasteiger partial charge in [0.25, 0.3) is 5.56 Å². The quantitative estimate of drug-likeness (QED) is 0.346. The Bertz CT molecular complexity index is 1730. The second-order valence-corrected chi connectivity index (χ2v) is 9.05. The molecule has 6 rings (SSSR count). The molecular weight excluding hydrogens is 512 g/mol. The first kappa shape index (κ1) is 23.5. The zero-order valence-electron chi connectivity index (χ0n) is 19.9. The topological polar surface area (TPSA) is 172 Å². The number of imidazole rings is 1. The number of ether oxygens (including phenoxy) is 1. The van der Waals surface area contributed by atoms with E-state index in [9.17, 15) is 9.59 Å². The number of aromatic nitrogens is 9. The van der Waals surface area contributed by atoms with Gasteiger partial charge >= 0.3 is 6.09 Å². The first-order valence-electron chi connectivity index (χ1n) is 11.5. The SMILES string of the molecule is Cc1ccc(-n2cnnn2)c(-c2cc(=O)n3c(n2)CC[C@H]3c2nc(Cl)c(-c3ccc(OC(N)=O)nc3)[nH]2)c1. The van der Waals surface area contributed by atoms with Crippen LogP contribution in [0.4, 0.5) is 4.79 Å². The lowest BCUT2D eigenvalue weighted by molar-refractivity contribution is 0.209. The van der Waals surface area contributed by atoms with Crippen LogP contribution in [0.2, 0.25) is 5.15 Å². The summed E-state index contributed by atoms with van der Waals surface area (Å²) in [6, 6.07) is 10.1. The molecule has 0 unspecified atom stereocenters. The third-order valence-electron chi connectivity index (χ3n) is 6.23. The van der Waals surface area contributed by atoms with Gasteiger partial charge in [-0.3, -0.25) is 9.36 Å². The number of nitrogens with one attached hydrogen (secondary N) is 1. The van der Waals surface area contributed by atoms with Gasteiger partial charge in [0.15, 0.2) is 5.15 Å². The number of tetrazole rings is 1. The second-order valence-electron chi connectivity index (χ2n) is 8.69. The van der Waals surface area contributed by atoms with Crippen LogP contribution < -0.4 is 16.0 Å². The normalized spacial score (nSPS) is 14.4. The Hall–Kier alpha value is -4.91. The van der Waals surface area contributed by atoms with Gasteiger partial charge in [0.2, 0.25) is 5.88 Å². The van der Waals surface area contributed by atoms with Crippen LogP contribution in [-0.4, -0.2) is 50.8 Å². The molecule has 1 aliphatic rings. The predicted molar refractivity (Wildman–Crippen MR) is 135 cm³/mol. The second kappa shape index (κ2) is 9.19. The van der Waals surface area contributed by atoms with Gasteiger partial charge in [0.05, 0.1) is 23.1 Å². The molecule has 3 N–H and O–H groups in total. The fourth-order valence-corrected chi connectivity index (χ4v) is 4.82. The van der Waals surface area contributed by atoms with Crippen molar-refractivity contribution >= 4 is 17.7 Å². The van der Waals surface area contributed by atoms with Gasteiger partial charge < -0.3 is 15.5 Å². The largest absolute Gasteiger partial charge is 0.411 e. The van der Waals surface area contributed by atoms with E-state index in [0.29, 0.717) is 41.4 Å². The van der Waals surface area contributed by atoms with Gasteiger partial charge in [-0.25, -0.2) is 19.7 Å². The smallest absolute Gasteiger partial charge is 0.391 e. The van der Waals surface area contributed by atoms with E-state index in [4.69, 9.17) is 27.1 Å². The summed E-state index contributed by atoms with van der Waals surface area (Å²) in [6.07, 6.45) is 3.22. The molecule has 1 aromatic carbocycles. The standard InChI is InChI=1S/C24H19ClN10O3/c1-12-2-4-16(34-11-28-32-33-34)14(8-12)15-9-20(36)35-17(5-6-18(35)29-15)23-30-21(22(25)31-23)13-3-7-19(27-10-13)38-24(26)37/h2-4,7-11,17H,5-6H2,1H3,(H2,26,37)(H,30,31)/t17-/m0/s1. The zero-order chi connectivity index (χ0) is 26.4. The average molecular weight is 531 g/mol. The minimum absolute atomic E-state index is 0.0621. The molecule has 14 heteroatoms. The molecule has 0 aliphatic carbocycles. The van der Waals surface area contributed by atoms with Crippen molar-refractivity contribution in [2.24, 2.45) is 5.73 Å². The molecule has 0 saturated heterocycles. The van der Waals surface area contributed by atoms with Crippen LogP contribution in [0.1, 0.15) is 29.7 Å². The van der Waals surface area contributed by atoms with Gasteiger partial charge in [-0.15, -0.1) is 5.10 Å². The van der Waals surface area contributed by atoms with Crippen LogP contribution in [0.3, 0.4) is 0 Å². The molecule has 38 heavy (non-hydrogen) atoms. The zero-order valence-corrected chi connectivity index (χ0v) is 20.6. The van der Waals surface area contributed by atoms with Gasteiger partial charge in [0, 0.05) is 35.9 Å². The molecule has 1 atom stereocenters. The number of nitrogens with two attached hydrogens (primary N) is 1. The molecular formula is C24H19ClN10O3. The maximum Gasteiger partial charge on any atom is 0.411 e. The highest BCUT2D eigenvalue weighted by Gasteiger charge is 2.30. The summed E-state index contributed by atoms with van der Waals surface area (Å²) < 4.78 is 7.94. The average Bonchev–Trinajstić information content (AvgIpc) is 3.64. The van der Waals surface area contributed by atoms with E-state index in [1.54, 1.807) is 10.6 Å². The number of rotatable bonds is 5. The van der Waals surface area contributed by atoms with Crippen molar-refractivity contribution < 1.29 is 9.53 Å². The minimum Gasteiger partial charge on any atom is -0.391 e. The van der Waals surface area contributed by atoms with E-state index in [-0.39, 0.29) is 22.6 Å². The monoisotopic (exact) mass is 530 g/mol. The van der Waals surface area contributed by atoms with Crippen LogP contribution in [0.25, 0.3) is 28.2 Å². The molecule has 0 radical (unpaired) electrons. The Morgan fingerprint density at radius 3 is 2.82 bits per heavy atom. The molecule has 1 aliphatic heterocycles. The Morgan fingerprint density at radius 2 is 2.08 bits per heavy atom. The number of hydrogen-bond donors (Lipinski definition) is 2.